The van der Waals surface area contributed by atoms with Crippen LogP contribution in [-0.2, 0) is 0 Å². The van der Waals surface area contributed by atoms with E-state index in [1.807, 2.05) is 42.1 Å². The van der Waals surface area contributed by atoms with E-state index in [0.717, 1.165) is 47.0 Å². The summed E-state index contributed by atoms with van der Waals surface area (Å²) in [6, 6.07) is 9.59. The van der Waals surface area contributed by atoms with Gasteiger partial charge in [0.25, 0.3) is 5.56 Å². The van der Waals surface area contributed by atoms with Crippen molar-refractivity contribution in [3.63, 3.8) is 0 Å². The van der Waals surface area contributed by atoms with Crippen LogP contribution in [0.2, 0.25) is 0 Å². The monoisotopic (exact) mass is 401 g/mol. The molecular formula is C20H23N3O2S2. The first-order chi connectivity index (χ1) is 13.3. The number of benzene rings is 1. The van der Waals surface area contributed by atoms with Crippen molar-refractivity contribution in [2.45, 2.75) is 24.4 Å². The molecule has 4 rings (SSSR count). The van der Waals surface area contributed by atoms with Crippen LogP contribution in [-0.4, -0.2) is 38.9 Å². The van der Waals surface area contributed by atoms with E-state index in [-0.39, 0.29) is 5.56 Å². The molecule has 1 aliphatic rings. The number of thioether (sulfide) groups is 2. The van der Waals surface area contributed by atoms with Crippen molar-refractivity contribution in [2.24, 2.45) is 5.92 Å². The van der Waals surface area contributed by atoms with E-state index in [9.17, 15) is 4.79 Å². The maximum Gasteiger partial charge on any atom is 0.283 e. The summed E-state index contributed by atoms with van der Waals surface area (Å²) < 4.78 is 7.52. The van der Waals surface area contributed by atoms with Crippen LogP contribution in [0.15, 0.2) is 46.5 Å². The molecule has 0 aliphatic heterocycles. The first-order valence-corrected chi connectivity index (χ1v) is 11.6. The number of nitrogens with zero attached hydrogens (tertiary/aromatic N) is 2. The maximum absolute atomic E-state index is 13.1. The minimum absolute atomic E-state index is 0.0657. The SMILES string of the molecule is CSCCCSc1nc2cc[nH]c2c(=O)n1-c1ccc(OCC2CC2)cc1. The number of ether oxygens (including phenoxy) is 1. The molecule has 1 aliphatic carbocycles. The molecule has 3 aromatic rings. The Morgan fingerprint density at radius 1 is 1.22 bits per heavy atom. The van der Waals surface area contributed by atoms with Crippen molar-refractivity contribution in [2.75, 3.05) is 24.4 Å². The third-order valence-corrected chi connectivity index (χ3v) is 6.27. The molecule has 0 bridgehead atoms. The zero-order valence-corrected chi connectivity index (χ0v) is 16.9. The first kappa shape index (κ1) is 18.5. The molecule has 0 spiro atoms. The van der Waals surface area contributed by atoms with Crippen molar-refractivity contribution in [3.8, 4) is 11.4 Å². The molecule has 5 nitrogen and oxygen atoms in total. The Morgan fingerprint density at radius 3 is 2.78 bits per heavy atom. The van der Waals surface area contributed by atoms with Gasteiger partial charge in [-0.05, 0) is 67.5 Å². The van der Waals surface area contributed by atoms with Gasteiger partial charge in [0.05, 0.1) is 17.8 Å². The van der Waals surface area contributed by atoms with E-state index in [2.05, 4.69) is 11.2 Å². The van der Waals surface area contributed by atoms with Gasteiger partial charge in [-0.3, -0.25) is 9.36 Å². The number of hydrogen-bond donors (Lipinski definition) is 1. The number of fused-ring (bicyclic) bond motifs is 1. The molecule has 2 heterocycles. The Balaban J connectivity index is 1.63. The second-order valence-corrected chi connectivity index (χ2v) is 8.76. The number of nitrogens with one attached hydrogen (secondary N) is 1. The van der Waals surface area contributed by atoms with Gasteiger partial charge in [-0.2, -0.15) is 11.8 Å². The lowest BCUT2D eigenvalue weighted by atomic mass is 10.3. The third-order valence-electron chi connectivity index (χ3n) is 4.55. The molecule has 0 amide bonds. The fraction of sp³-hybridized carbons (Fsp3) is 0.400. The summed E-state index contributed by atoms with van der Waals surface area (Å²) >= 11 is 3.47. The molecule has 1 saturated carbocycles. The van der Waals surface area contributed by atoms with Crippen molar-refractivity contribution in [3.05, 3.63) is 46.9 Å². The highest BCUT2D eigenvalue weighted by Gasteiger charge is 2.22. The van der Waals surface area contributed by atoms with Crippen molar-refractivity contribution >= 4 is 34.6 Å². The van der Waals surface area contributed by atoms with Crippen LogP contribution >= 0.6 is 23.5 Å². The topological polar surface area (TPSA) is 59.9 Å². The van der Waals surface area contributed by atoms with Gasteiger partial charge in [0, 0.05) is 11.9 Å². The van der Waals surface area contributed by atoms with E-state index in [0.29, 0.717) is 11.0 Å². The Kier molecular flexibility index (Phi) is 5.78. The molecule has 2 aromatic heterocycles. The van der Waals surface area contributed by atoms with Gasteiger partial charge < -0.3 is 9.72 Å². The number of hydrogen-bond acceptors (Lipinski definition) is 5. The minimum atomic E-state index is -0.0657. The van der Waals surface area contributed by atoms with Crippen LogP contribution in [0, 0.1) is 5.92 Å². The Labute approximate surface area is 166 Å². The van der Waals surface area contributed by atoms with Crippen molar-refractivity contribution in [1.82, 2.24) is 14.5 Å². The van der Waals surface area contributed by atoms with Crippen LogP contribution in [0.1, 0.15) is 19.3 Å². The molecule has 0 atom stereocenters. The predicted molar refractivity (Wildman–Crippen MR) is 114 cm³/mol. The molecule has 142 valence electrons. The van der Waals surface area contributed by atoms with E-state index >= 15 is 0 Å². The van der Waals surface area contributed by atoms with Gasteiger partial charge in [-0.25, -0.2) is 4.98 Å². The molecule has 0 unspecified atom stereocenters. The molecule has 1 N–H and O–H groups in total. The number of rotatable bonds is 9. The fourth-order valence-electron chi connectivity index (χ4n) is 2.86. The van der Waals surface area contributed by atoms with Crippen LogP contribution in [0.4, 0.5) is 0 Å². The highest BCUT2D eigenvalue weighted by Crippen LogP contribution is 2.30. The summed E-state index contributed by atoms with van der Waals surface area (Å²) in [5, 5.41) is 0.736. The Morgan fingerprint density at radius 2 is 2.04 bits per heavy atom. The zero-order chi connectivity index (χ0) is 18.6. The molecule has 7 heteroatoms. The highest BCUT2D eigenvalue weighted by molar-refractivity contribution is 7.99. The van der Waals surface area contributed by atoms with E-state index in [4.69, 9.17) is 9.72 Å². The number of H-pyrrole nitrogens is 1. The highest BCUT2D eigenvalue weighted by atomic mass is 32.2. The standard InChI is InChI=1S/C20H23N3O2S2/c1-26-11-2-12-27-20-22-17-9-10-21-18(17)19(24)23(20)15-5-7-16(8-6-15)25-13-14-3-4-14/h5-10,14,21H,2-4,11-13H2,1H3. The average Bonchev–Trinajstić information content (AvgIpc) is 3.40. The predicted octanol–water partition coefficient (Wildman–Crippen LogP) is 4.35. The second kappa shape index (κ2) is 8.44. The molecular weight excluding hydrogens is 378 g/mol. The van der Waals surface area contributed by atoms with Gasteiger partial charge in [-0.1, -0.05) is 11.8 Å². The molecule has 1 fully saturated rings. The molecule has 0 radical (unpaired) electrons. The average molecular weight is 402 g/mol. The smallest absolute Gasteiger partial charge is 0.283 e. The summed E-state index contributed by atoms with van der Waals surface area (Å²) in [7, 11) is 0. The second-order valence-electron chi connectivity index (χ2n) is 6.72. The van der Waals surface area contributed by atoms with E-state index < -0.39 is 0 Å². The van der Waals surface area contributed by atoms with Crippen molar-refractivity contribution < 1.29 is 4.74 Å². The first-order valence-electron chi connectivity index (χ1n) is 9.21. The molecule has 0 saturated heterocycles. The van der Waals surface area contributed by atoms with Crippen molar-refractivity contribution in [1.29, 1.82) is 0 Å². The zero-order valence-electron chi connectivity index (χ0n) is 15.3. The Hall–Kier alpha value is -1.86. The van der Waals surface area contributed by atoms with Gasteiger partial charge >= 0.3 is 0 Å². The van der Waals surface area contributed by atoms with Gasteiger partial charge in [0.1, 0.15) is 11.3 Å². The van der Waals surface area contributed by atoms with Crippen LogP contribution in [0.3, 0.4) is 0 Å². The lowest BCUT2D eigenvalue weighted by molar-refractivity contribution is 0.300. The lowest BCUT2D eigenvalue weighted by Gasteiger charge is -2.13. The summed E-state index contributed by atoms with van der Waals surface area (Å²) in [5.74, 6) is 3.61. The van der Waals surface area contributed by atoms with Gasteiger partial charge in [0.15, 0.2) is 5.16 Å². The van der Waals surface area contributed by atoms with Crippen LogP contribution in [0.25, 0.3) is 16.7 Å². The maximum atomic E-state index is 13.1. The lowest BCUT2D eigenvalue weighted by Crippen LogP contribution is -2.21. The van der Waals surface area contributed by atoms with Gasteiger partial charge in [-0.15, -0.1) is 0 Å². The summed E-state index contributed by atoms with van der Waals surface area (Å²) in [6.45, 7) is 0.784. The summed E-state index contributed by atoms with van der Waals surface area (Å²) in [4.78, 5) is 20.8. The molecule has 27 heavy (non-hydrogen) atoms. The Bertz CT molecular complexity index is 962. The minimum Gasteiger partial charge on any atom is -0.493 e. The third kappa shape index (κ3) is 4.35. The number of aromatic amines is 1. The van der Waals surface area contributed by atoms with Crippen LogP contribution < -0.4 is 10.3 Å². The fourth-order valence-corrected chi connectivity index (χ4v) is 4.43. The van der Waals surface area contributed by atoms with E-state index in [1.165, 1.54) is 12.8 Å². The largest absolute Gasteiger partial charge is 0.493 e. The normalized spacial score (nSPS) is 14.0. The molecule has 1 aromatic carbocycles. The quantitative estimate of drug-likeness (QED) is 0.328. The summed E-state index contributed by atoms with van der Waals surface area (Å²) in [6.07, 6.45) is 7.50. The summed E-state index contributed by atoms with van der Waals surface area (Å²) in [5.41, 5.74) is 2.00. The van der Waals surface area contributed by atoms with Crippen LogP contribution in [0.5, 0.6) is 5.75 Å². The van der Waals surface area contributed by atoms with Gasteiger partial charge in [0.2, 0.25) is 0 Å². The number of aromatic nitrogens is 3. The van der Waals surface area contributed by atoms with E-state index in [1.54, 1.807) is 22.5 Å².